The average Bonchev–Trinajstić information content (AvgIpc) is 2.46. The predicted octanol–water partition coefficient (Wildman–Crippen LogP) is 3.47. The molecule has 0 saturated carbocycles. The van der Waals surface area contributed by atoms with Crippen LogP contribution in [0.2, 0.25) is 0 Å². The third-order valence-corrected chi connectivity index (χ3v) is 3.98. The Morgan fingerprint density at radius 2 is 1.80 bits per heavy atom. The molecule has 3 heteroatoms. The van der Waals surface area contributed by atoms with Crippen molar-refractivity contribution in [2.75, 3.05) is 11.9 Å². The smallest absolute Gasteiger partial charge is 0.342 e. The summed E-state index contributed by atoms with van der Waals surface area (Å²) in [6.07, 6.45) is 0. The van der Waals surface area contributed by atoms with Crippen LogP contribution >= 0.6 is 0 Å². The molecule has 0 spiro atoms. The number of rotatable bonds is 1. The van der Waals surface area contributed by atoms with Crippen molar-refractivity contribution in [1.29, 1.82) is 0 Å². The van der Waals surface area contributed by atoms with Gasteiger partial charge in [-0.2, -0.15) is 0 Å². The maximum atomic E-state index is 12.3. The van der Waals surface area contributed by atoms with Gasteiger partial charge >= 0.3 is 5.97 Å². The van der Waals surface area contributed by atoms with Crippen molar-refractivity contribution in [3.05, 3.63) is 65.2 Å². The minimum atomic E-state index is -0.779. The molecule has 0 aliphatic carbocycles. The Kier molecular flexibility index (Phi) is 2.78. The number of fused-ring (bicyclic) bond motifs is 1. The van der Waals surface area contributed by atoms with Crippen LogP contribution in [0.1, 0.15) is 28.4 Å². The Hall–Kier alpha value is -2.29. The van der Waals surface area contributed by atoms with Crippen LogP contribution in [0.15, 0.2) is 48.5 Å². The van der Waals surface area contributed by atoms with Gasteiger partial charge in [-0.15, -0.1) is 0 Å². The molecule has 3 rings (SSSR count). The highest BCUT2D eigenvalue weighted by Gasteiger charge is 2.41. The van der Waals surface area contributed by atoms with Crippen LogP contribution in [0.5, 0.6) is 0 Å². The van der Waals surface area contributed by atoms with Crippen LogP contribution in [-0.4, -0.2) is 13.0 Å². The number of ether oxygens (including phenoxy) is 1. The number of anilines is 1. The number of cyclic esters (lactones) is 1. The van der Waals surface area contributed by atoms with Gasteiger partial charge in [0.2, 0.25) is 5.72 Å². The fourth-order valence-corrected chi connectivity index (χ4v) is 2.63. The Morgan fingerprint density at radius 1 is 1.10 bits per heavy atom. The SMILES string of the molecule is Cc1ccc2c(c1)N(C)[C@@](C)(c1ccccc1)OC2=O. The lowest BCUT2D eigenvalue weighted by Crippen LogP contribution is -2.49. The largest absolute Gasteiger partial charge is 0.431 e. The maximum Gasteiger partial charge on any atom is 0.342 e. The van der Waals surface area contributed by atoms with Gasteiger partial charge < -0.3 is 9.64 Å². The van der Waals surface area contributed by atoms with E-state index in [-0.39, 0.29) is 5.97 Å². The Morgan fingerprint density at radius 3 is 2.50 bits per heavy atom. The van der Waals surface area contributed by atoms with Crippen molar-refractivity contribution in [2.24, 2.45) is 0 Å². The van der Waals surface area contributed by atoms with Crippen molar-refractivity contribution in [1.82, 2.24) is 0 Å². The third kappa shape index (κ3) is 1.78. The highest BCUT2D eigenvalue weighted by molar-refractivity contribution is 5.98. The summed E-state index contributed by atoms with van der Waals surface area (Å²) in [6.45, 7) is 3.94. The second-order valence-corrected chi connectivity index (χ2v) is 5.32. The summed E-state index contributed by atoms with van der Waals surface area (Å²) in [4.78, 5) is 14.3. The number of nitrogens with zero attached hydrogens (tertiary/aromatic N) is 1. The molecule has 0 radical (unpaired) electrons. The molecule has 0 aromatic heterocycles. The molecule has 2 aromatic rings. The fraction of sp³-hybridized carbons (Fsp3) is 0.235. The number of hydrogen-bond acceptors (Lipinski definition) is 3. The van der Waals surface area contributed by atoms with Crippen molar-refractivity contribution < 1.29 is 9.53 Å². The highest BCUT2D eigenvalue weighted by Crippen LogP contribution is 2.40. The molecule has 1 heterocycles. The molecule has 0 N–H and O–H groups in total. The third-order valence-electron chi connectivity index (χ3n) is 3.98. The molecule has 102 valence electrons. The Balaban J connectivity index is 2.16. The van der Waals surface area contributed by atoms with E-state index in [1.54, 1.807) is 0 Å². The van der Waals surface area contributed by atoms with E-state index >= 15 is 0 Å². The van der Waals surface area contributed by atoms with Gasteiger partial charge in [0, 0.05) is 12.6 Å². The van der Waals surface area contributed by atoms with Gasteiger partial charge in [0.1, 0.15) is 0 Å². The van der Waals surface area contributed by atoms with E-state index in [0.29, 0.717) is 5.56 Å². The average molecular weight is 267 g/mol. The van der Waals surface area contributed by atoms with Gasteiger partial charge in [-0.25, -0.2) is 4.79 Å². The van der Waals surface area contributed by atoms with Crippen molar-refractivity contribution >= 4 is 11.7 Å². The van der Waals surface area contributed by atoms with Crippen LogP contribution in [-0.2, 0) is 10.5 Å². The van der Waals surface area contributed by atoms with Crippen LogP contribution in [0.4, 0.5) is 5.69 Å². The first kappa shape index (κ1) is 12.7. The quantitative estimate of drug-likeness (QED) is 0.741. The van der Waals surface area contributed by atoms with E-state index in [0.717, 1.165) is 16.8 Å². The van der Waals surface area contributed by atoms with Crippen molar-refractivity contribution in [3.8, 4) is 0 Å². The zero-order valence-corrected chi connectivity index (χ0v) is 11.9. The zero-order valence-electron chi connectivity index (χ0n) is 11.9. The Bertz CT molecular complexity index is 666. The molecule has 0 amide bonds. The summed E-state index contributed by atoms with van der Waals surface area (Å²) in [6, 6.07) is 15.6. The van der Waals surface area contributed by atoms with E-state index in [1.165, 1.54) is 0 Å². The van der Waals surface area contributed by atoms with Crippen LogP contribution < -0.4 is 4.90 Å². The molecule has 3 nitrogen and oxygen atoms in total. The van der Waals surface area contributed by atoms with Gasteiger partial charge in [-0.05, 0) is 31.5 Å². The Labute approximate surface area is 118 Å². The molecule has 0 unspecified atom stereocenters. The lowest BCUT2D eigenvalue weighted by Gasteiger charge is -2.44. The first-order valence-electron chi connectivity index (χ1n) is 6.66. The molecule has 1 aliphatic heterocycles. The number of hydrogen-bond donors (Lipinski definition) is 0. The molecule has 20 heavy (non-hydrogen) atoms. The summed E-state index contributed by atoms with van der Waals surface area (Å²) in [7, 11) is 1.96. The molecular formula is C17H17NO2. The van der Waals surface area contributed by atoms with Crippen LogP contribution in [0, 0.1) is 6.92 Å². The van der Waals surface area contributed by atoms with E-state index in [2.05, 4.69) is 0 Å². The van der Waals surface area contributed by atoms with Crippen LogP contribution in [0.25, 0.3) is 0 Å². The molecule has 2 aromatic carbocycles. The van der Waals surface area contributed by atoms with Crippen molar-refractivity contribution in [2.45, 2.75) is 19.6 Å². The number of esters is 1. The van der Waals surface area contributed by atoms with Crippen molar-refractivity contribution in [3.63, 3.8) is 0 Å². The second kappa shape index (κ2) is 4.37. The first-order chi connectivity index (χ1) is 9.52. The molecule has 0 saturated heterocycles. The van der Waals surface area contributed by atoms with Gasteiger partial charge in [0.05, 0.1) is 11.3 Å². The van der Waals surface area contributed by atoms with E-state index in [4.69, 9.17) is 4.74 Å². The summed E-state index contributed by atoms with van der Waals surface area (Å²) in [5.74, 6) is -0.274. The summed E-state index contributed by atoms with van der Waals surface area (Å²) >= 11 is 0. The number of carbonyl (C=O) groups excluding carboxylic acids is 1. The number of carbonyl (C=O) groups is 1. The molecule has 0 bridgehead atoms. The van der Waals surface area contributed by atoms with E-state index < -0.39 is 5.72 Å². The zero-order chi connectivity index (χ0) is 14.3. The van der Waals surface area contributed by atoms with Crippen LogP contribution in [0.3, 0.4) is 0 Å². The molecular weight excluding hydrogens is 250 g/mol. The number of benzene rings is 2. The lowest BCUT2D eigenvalue weighted by molar-refractivity contribution is -0.0165. The first-order valence-corrected chi connectivity index (χ1v) is 6.66. The minimum Gasteiger partial charge on any atom is -0.431 e. The number of aryl methyl sites for hydroxylation is 1. The predicted molar refractivity (Wildman–Crippen MR) is 78.8 cm³/mol. The van der Waals surface area contributed by atoms with E-state index in [9.17, 15) is 4.79 Å². The molecule has 0 fully saturated rings. The minimum absolute atomic E-state index is 0.274. The topological polar surface area (TPSA) is 29.5 Å². The lowest BCUT2D eigenvalue weighted by atomic mass is 9.98. The standard InChI is InChI=1S/C17H17NO2/c1-12-9-10-14-15(11-12)18(3)17(2,20-16(14)19)13-7-5-4-6-8-13/h4-11H,1-3H3/t17-/m1/s1. The van der Waals surface area contributed by atoms with Gasteiger partial charge in [-0.1, -0.05) is 36.4 Å². The fourth-order valence-electron chi connectivity index (χ4n) is 2.63. The maximum absolute atomic E-state index is 12.3. The van der Waals surface area contributed by atoms with Gasteiger partial charge in [0.25, 0.3) is 0 Å². The normalized spacial score (nSPS) is 21.4. The monoisotopic (exact) mass is 267 g/mol. The second-order valence-electron chi connectivity index (χ2n) is 5.32. The molecule has 1 aliphatic rings. The molecule has 1 atom stereocenters. The summed E-state index contributed by atoms with van der Waals surface area (Å²) in [5.41, 5.74) is 2.84. The van der Waals surface area contributed by atoms with Gasteiger partial charge in [-0.3, -0.25) is 0 Å². The summed E-state index contributed by atoms with van der Waals surface area (Å²) in [5, 5.41) is 0. The van der Waals surface area contributed by atoms with Gasteiger partial charge in [0.15, 0.2) is 0 Å². The van der Waals surface area contributed by atoms with E-state index in [1.807, 2.05) is 74.3 Å². The highest BCUT2D eigenvalue weighted by atomic mass is 16.6. The summed E-state index contributed by atoms with van der Waals surface area (Å²) < 4.78 is 5.73.